The van der Waals surface area contributed by atoms with Crippen LogP contribution in [0.3, 0.4) is 0 Å². The number of carbonyl (C=O) groups excluding carboxylic acids is 2. The molecule has 3 rings (SSSR count). The van der Waals surface area contributed by atoms with Crippen LogP contribution < -0.4 is 15.8 Å². The molecule has 0 atom stereocenters. The number of esters is 1. The smallest absolute Gasteiger partial charge is 0.419 e. The van der Waals surface area contributed by atoms with E-state index in [0.29, 0.717) is 30.0 Å². The molecule has 1 aromatic heterocycles. The fourth-order valence-electron chi connectivity index (χ4n) is 2.89. The summed E-state index contributed by atoms with van der Waals surface area (Å²) < 4.78 is 55.2. The second kappa shape index (κ2) is 9.92. The molecular formula is C22H18F4N2O3S. The Bertz CT molecular complexity index is 1130. The maximum Gasteiger partial charge on any atom is 0.491 e. The second-order valence-electron chi connectivity index (χ2n) is 6.79. The highest BCUT2D eigenvalue weighted by molar-refractivity contribution is 7.15. The van der Waals surface area contributed by atoms with Crippen molar-refractivity contribution in [1.29, 1.82) is 0 Å². The van der Waals surface area contributed by atoms with Crippen LogP contribution in [0.5, 0.6) is 5.75 Å². The lowest BCUT2D eigenvalue weighted by Gasteiger charge is -2.11. The van der Waals surface area contributed by atoms with Crippen LogP contribution in [0.2, 0.25) is 0 Å². The van der Waals surface area contributed by atoms with Gasteiger partial charge in [0.15, 0.2) is 0 Å². The van der Waals surface area contributed by atoms with E-state index in [1.807, 2.05) is 12.1 Å². The maximum atomic E-state index is 13.2. The first-order chi connectivity index (χ1) is 15.1. The minimum Gasteiger partial charge on any atom is -0.419 e. The largest absolute Gasteiger partial charge is 0.491 e. The lowest BCUT2D eigenvalue weighted by molar-refractivity contribution is -0.189. The number of alkyl halides is 3. The number of rotatable bonds is 8. The molecule has 3 N–H and O–H groups in total. The summed E-state index contributed by atoms with van der Waals surface area (Å²) in [6.45, 7) is 1.16. The number of benzene rings is 2. The number of halogens is 4. The molecule has 0 aliphatic rings. The lowest BCUT2D eigenvalue weighted by atomic mass is 10.1. The third-order valence-corrected chi connectivity index (χ3v) is 5.54. The molecule has 168 valence electrons. The van der Waals surface area contributed by atoms with E-state index in [1.165, 1.54) is 41.7 Å². The molecular weight excluding hydrogens is 448 g/mol. The van der Waals surface area contributed by atoms with Crippen LogP contribution in [-0.4, -0.2) is 24.6 Å². The monoisotopic (exact) mass is 466 g/mol. The molecule has 0 unspecified atom stereocenters. The normalized spacial score (nSPS) is 11.4. The Morgan fingerprint density at radius 3 is 2.53 bits per heavy atom. The van der Waals surface area contributed by atoms with Crippen molar-refractivity contribution in [3.05, 3.63) is 76.4 Å². The summed E-state index contributed by atoms with van der Waals surface area (Å²) in [7, 11) is 0. The Hall–Kier alpha value is -3.24. The van der Waals surface area contributed by atoms with Crippen LogP contribution in [0.25, 0.3) is 10.4 Å². The van der Waals surface area contributed by atoms with Gasteiger partial charge in [0, 0.05) is 16.3 Å². The molecule has 1 amide bonds. The molecule has 0 fully saturated rings. The lowest BCUT2D eigenvalue weighted by Crippen LogP contribution is -2.29. The first kappa shape index (κ1) is 23.4. The van der Waals surface area contributed by atoms with Crippen molar-refractivity contribution in [3.63, 3.8) is 0 Å². The zero-order valence-electron chi connectivity index (χ0n) is 16.5. The molecule has 1 heterocycles. The van der Waals surface area contributed by atoms with Crippen molar-refractivity contribution in [2.24, 2.45) is 5.73 Å². The van der Waals surface area contributed by atoms with Gasteiger partial charge in [-0.25, -0.2) is 9.18 Å². The predicted octanol–water partition coefficient (Wildman–Crippen LogP) is 4.45. The van der Waals surface area contributed by atoms with Gasteiger partial charge in [0.1, 0.15) is 11.6 Å². The summed E-state index contributed by atoms with van der Waals surface area (Å²) in [5, 5.41) is 3.25. The van der Waals surface area contributed by atoms with Crippen molar-refractivity contribution < 1.29 is 31.9 Å². The summed E-state index contributed by atoms with van der Waals surface area (Å²) in [5.74, 6) is -4.30. The van der Waals surface area contributed by atoms with Crippen LogP contribution in [0.15, 0.2) is 54.6 Å². The third-order valence-electron chi connectivity index (χ3n) is 4.41. The number of nitrogens with two attached hydrogens (primary N) is 1. The molecule has 10 heteroatoms. The first-order valence-corrected chi connectivity index (χ1v) is 10.2. The van der Waals surface area contributed by atoms with E-state index in [2.05, 4.69) is 10.1 Å². The quantitative estimate of drug-likeness (QED) is 0.222. The minimum absolute atomic E-state index is 0.284. The van der Waals surface area contributed by atoms with E-state index in [-0.39, 0.29) is 11.4 Å². The van der Waals surface area contributed by atoms with E-state index in [1.54, 1.807) is 12.1 Å². The second-order valence-corrected chi connectivity index (χ2v) is 7.95. The summed E-state index contributed by atoms with van der Waals surface area (Å²) in [6, 6.07) is 13.9. The summed E-state index contributed by atoms with van der Waals surface area (Å²) >= 11 is 1.38. The number of nitrogens with one attached hydrogen (secondary N) is 1. The molecule has 0 bridgehead atoms. The van der Waals surface area contributed by atoms with E-state index in [9.17, 15) is 27.2 Å². The molecule has 5 nitrogen and oxygen atoms in total. The Morgan fingerprint density at radius 1 is 1.06 bits per heavy atom. The van der Waals surface area contributed by atoms with Gasteiger partial charge in [-0.2, -0.15) is 13.2 Å². The Balaban J connectivity index is 1.67. The zero-order valence-corrected chi connectivity index (χ0v) is 17.4. The Kier molecular flexibility index (Phi) is 7.26. The molecule has 3 aromatic rings. The van der Waals surface area contributed by atoms with E-state index in [0.717, 1.165) is 10.4 Å². The highest BCUT2D eigenvalue weighted by atomic mass is 32.1. The molecule has 0 saturated heterocycles. The summed E-state index contributed by atoms with van der Waals surface area (Å²) in [4.78, 5) is 24.4. The molecule has 2 aromatic carbocycles. The topological polar surface area (TPSA) is 81.4 Å². The van der Waals surface area contributed by atoms with Crippen molar-refractivity contribution in [2.45, 2.75) is 19.1 Å². The van der Waals surface area contributed by atoms with Gasteiger partial charge in [-0.1, -0.05) is 18.2 Å². The van der Waals surface area contributed by atoms with Gasteiger partial charge in [-0.15, -0.1) is 11.3 Å². The van der Waals surface area contributed by atoms with Crippen molar-refractivity contribution in [1.82, 2.24) is 5.32 Å². The number of hydrogen-bond acceptors (Lipinski definition) is 5. The van der Waals surface area contributed by atoms with Crippen molar-refractivity contribution in [2.75, 3.05) is 6.54 Å². The molecule has 0 radical (unpaired) electrons. The van der Waals surface area contributed by atoms with Crippen molar-refractivity contribution >= 4 is 23.2 Å². The molecule has 0 spiro atoms. The van der Waals surface area contributed by atoms with Crippen molar-refractivity contribution in [3.8, 4) is 16.2 Å². The molecule has 32 heavy (non-hydrogen) atoms. The van der Waals surface area contributed by atoms with Gasteiger partial charge >= 0.3 is 12.1 Å². The Morgan fingerprint density at radius 2 is 1.84 bits per heavy atom. The fourth-order valence-corrected chi connectivity index (χ4v) is 3.86. The average Bonchev–Trinajstić information content (AvgIpc) is 3.19. The SMILES string of the molecule is NC(=O)c1ccc(-c2ccc(CNCCc3cccc(F)c3)s2)cc1OC(=O)C(F)(F)F. The van der Waals surface area contributed by atoms with Crippen LogP contribution in [0.4, 0.5) is 17.6 Å². The molecule has 0 saturated carbocycles. The van der Waals surface area contributed by atoms with Gasteiger partial charge in [-0.05, 0) is 60.5 Å². The first-order valence-electron chi connectivity index (χ1n) is 9.40. The third kappa shape index (κ3) is 6.14. The maximum absolute atomic E-state index is 13.2. The number of thiophene rings is 1. The van der Waals surface area contributed by atoms with Gasteiger partial charge in [-0.3, -0.25) is 4.79 Å². The molecule has 0 aliphatic heterocycles. The number of primary amides is 1. The van der Waals surface area contributed by atoms with Crippen LogP contribution >= 0.6 is 11.3 Å². The van der Waals surface area contributed by atoms with E-state index >= 15 is 0 Å². The van der Waals surface area contributed by atoms with Gasteiger partial charge in [0.25, 0.3) is 5.91 Å². The van der Waals surface area contributed by atoms with Gasteiger partial charge in [0.05, 0.1) is 5.56 Å². The van der Waals surface area contributed by atoms with Crippen LogP contribution in [0, 0.1) is 5.82 Å². The Labute approximate surface area is 184 Å². The van der Waals surface area contributed by atoms with Gasteiger partial charge < -0.3 is 15.8 Å². The van der Waals surface area contributed by atoms with Crippen LogP contribution in [-0.2, 0) is 17.8 Å². The predicted molar refractivity (Wildman–Crippen MR) is 112 cm³/mol. The van der Waals surface area contributed by atoms with E-state index < -0.39 is 23.8 Å². The van der Waals surface area contributed by atoms with Crippen LogP contribution in [0.1, 0.15) is 20.8 Å². The van der Waals surface area contributed by atoms with Gasteiger partial charge in [0.2, 0.25) is 0 Å². The zero-order chi connectivity index (χ0) is 23.3. The average molecular weight is 466 g/mol. The highest BCUT2D eigenvalue weighted by Crippen LogP contribution is 2.33. The minimum atomic E-state index is -5.21. The summed E-state index contributed by atoms with van der Waals surface area (Å²) in [5.41, 5.74) is 6.18. The number of carbonyl (C=O) groups is 2. The number of hydrogen-bond donors (Lipinski definition) is 2. The molecule has 0 aliphatic carbocycles. The van der Waals surface area contributed by atoms with E-state index in [4.69, 9.17) is 5.73 Å². The standard InChI is InChI=1S/C22H18F4N2O3S/c23-15-3-1-2-13(10-15)8-9-28-12-16-5-7-19(32-16)14-4-6-17(20(27)29)18(11-14)31-21(30)22(24,25)26/h1-7,10-11,28H,8-9,12H2,(H2,27,29). The summed E-state index contributed by atoms with van der Waals surface area (Å²) in [6.07, 6.45) is -4.56. The number of ether oxygens (including phenoxy) is 1. The highest BCUT2D eigenvalue weighted by Gasteiger charge is 2.41. The number of amides is 1. The fraction of sp³-hybridized carbons (Fsp3) is 0.182.